The summed E-state index contributed by atoms with van der Waals surface area (Å²) in [5.41, 5.74) is 3.54. The van der Waals surface area contributed by atoms with Gasteiger partial charge in [0.15, 0.2) is 6.10 Å². The summed E-state index contributed by atoms with van der Waals surface area (Å²) in [5, 5.41) is 6.41. The van der Waals surface area contributed by atoms with Crippen molar-refractivity contribution < 1.29 is 10.2 Å². The first-order valence-electron chi connectivity index (χ1n) is 5.91. The van der Waals surface area contributed by atoms with Crippen LogP contribution in [0.2, 0.25) is 0 Å². The summed E-state index contributed by atoms with van der Waals surface area (Å²) in [6, 6.07) is 8.46. The van der Waals surface area contributed by atoms with Gasteiger partial charge in [0.1, 0.15) is 6.54 Å². The largest absolute Gasteiger partial charge is 0.386 e. The Hall–Kier alpha value is -1.35. The van der Waals surface area contributed by atoms with Gasteiger partial charge in [-0.1, -0.05) is 35.0 Å². The number of benzene rings is 1. The van der Waals surface area contributed by atoms with Crippen molar-refractivity contribution in [2.45, 2.75) is 26.4 Å². The number of hydrogen-bond acceptors (Lipinski definition) is 2. The number of nitrogens with zero attached hydrogens (tertiary/aromatic N) is 1. The third kappa shape index (κ3) is 2.61. The SMILES string of the molecule is CC[NH2+]C[C@H]1CC(c2ccc(C)cc2)=NO1. The van der Waals surface area contributed by atoms with Crippen LogP contribution < -0.4 is 5.32 Å². The van der Waals surface area contributed by atoms with Gasteiger partial charge in [-0.25, -0.2) is 0 Å². The van der Waals surface area contributed by atoms with E-state index in [9.17, 15) is 0 Å². The molecule has 0 fully saturated rings. The number of nitrogens with two attached hydrogens (primary N) is 1. The van der Waals surface area contributed by atoms with Gasteiger partial charge in [0.05, 0.1) is 12.3 Å². The Morgan fingerprint density at radius 3 is 2.81 bits per heavy atom. The average Bonchev–Trinajstić information content (AvgIpc) is 2.76. The van der Waals surface area contributed by atoms with Crippen molar-refractivity contribution in [3.63, 3.8) is 0 Å². The molecule has 2 rings (SSSR count). The fraction of sp³-hybridized carbons (Fsp3) is 0.462. The monoisotopic (exact) mass is 219 g/mol. The van der Waals surface area contributed by atoms with Crippen LogP contribution in [0, 0.1) is 6.92 Å². The van der Waals surface area contributed by atoms with Crippen molar-refractivity contribution in [3.05, 3.63) is 35.4 Å². The molecule has 1 heterocycles. The smallest absolute Gasteiger partial charge is 0.181 e. The molecule has 1 aliphatic rings. The van der Waals surface area contributed by atoms with Crippen LogP contribution in [-0.4, -0.2) is 24.9 Å². The predicted molar refractivity (Wildman–Crippen MR) is 64.5 cm³/mol. The highest BCUT2D eigenvalue weighted by Crippen LogP contribution is 2.16. The predicted octanol–water partition coefficient (Wildman–Crippen LogP) is 1.07. The number of quaternary nitrogens is 1. The van der Waals surface area contributed by atoms with E-state index in [1.54, 1.807) is 0 Å². The van der Waals surface area contributed by atoms with Crippen molar-refractivity contribution in [2.24, 2.45) is 5.16 Å². The third-order valence-corrected chi connectivity index (χ3v) is 2.84. The Morgan fingerprint density at radius 1 is 1.38 bits per heavy atom. The molecule has 0 saturated carbocycles. The Morgan fingerprint density at radius 2 is 2.12 bits per heavy atom. The van der Waals surface area contributed by atoms with Crippen LogP contribution in [-0.2, 0) is 4.84 Å². The molecule has 0 spiro atoms. The molecular formula is C13H19N2O+. The van der Waals surface area contributed by atoms with Gasteiger partial charge < -0.3 is 10.2 Å². The van der Waals surface area contributed by atoms with Crippen LogP contribution in [0.1, 0.15) is 24.5 Å². The topological polar surface area (TPSA) is 38.2 Å². The maximum atomic E-state index is 5.41. The number of hydrogen-bond donors (Lipinski definition) is 1. The Labute approximate surface area is 96.5 Å². The zero-order valence-corrected chi connectivity index (χ0v) is 9.94. The van der Waals surface area contributed by atoms with E-state index in [4.69, 9.17) is 4.84 Å². The molecule has 0 amide bonds. The van der Waals surface area contributed by atoms with Crippen molar-refractivity contribution in [3.8, 4) is 0 Å². The van der Waals surface area contributed by atoms with Crippen LogP contribution in [0.5, 0.6) is 0 Å². The number of oxime groups is 1. The minimum Gasteiger partial charge on any atom is -0.386 e. The fourth-order valence-electron chi connectivity index (χ4n) is 1.82. The second kappa shape index (κ2) is 5.12. The van der Waals surface area contributed by atoms with E-state index >= 15 is 0 Å². The highest BCUT2D eigenvalue weighted by atomic mass is 16.6. The molecule has 1 atom stereocenters. The minimum atomic E-state index is 0.247. The van der Waals surface area contributed by atoms with E-state index in [2.05, 4.69) is 48.6 Å². The molecule has 0 unspecified atom stereocenters. The number of aryl methyl sites for hydroxylation is 1. The van der Waals surface area contributed by atoms with Crippen molar-refractivity contribution >= 4 is 5.71 Å². The summed E-state index contributed by atoms with van der Waals surface area (Å²) in [7, 11) is 0. The van der Waals surface area contributed by atoms with Crippen LogP contribution in [0.15, 0.2) is 29.4 Å². The Bertz CT molecular complexity index is 370. The van der Waals surface area contributed by atoms with Gasteiger partial charge in [-0.05, 0) is 19.4 Å². The van der Waals surface area contributed by atoms with E-state index in [0.717, 1.165) is 25.2 Å². The van der Waals surface area contributed by atoms with Gasteiger partial charge in [-0.2, -0.15) is 0 Å². The van der Waals surface area contributed by atoms with Crippen molar-refractivity contribution in [1.29, 1.82) is 0 Å². The number of rotatable bonds is 4. The second-order valence-corrected chi connectivity index (χ2v) is 4.27. The molecule has 3 heteroatoms. The van der Waals surface area contributed by atoms with Crippen molar-refractivity contribution in [1.82, 2.24) is 0 Å². The quantitative estimate of drug-likeness (QED) is 0.808. The molecule has 0 bridgehead atoms. The van der Waals surface area contributed by atoms with Crippen LogP contribution in [0.4, 0.5) is 0 Å². The molecule has 1 aliphatic heterocycles. The van der Waals surface area contributed by atoms with Gasteiger partial charge in [-0.3, -0.25) is 0 Å². The molecule has 0 saturated heterocycles. The second-order valence-electron chi connectivity index (χ2n) is 4.27. The normalized spacial score (nSPS) is 19.4. The van der Waals surface area contributed by atoms with E-state index in [1.165, 1.54) is 11.1 Å². The van der Waals surface area contributed by atoms with Gasteiger partial charge in [0.25, 0.3) is 0 Å². The molecule has 16 heavy (non-hydrogen) atoms. The lowest BCUT2D eigenvalue weighted by molar-refractivity contribution is -0.657. The lowest BCUT2D eigenvalue weighted by atomic mass is 10.0. The summed E-state index contributed by atoms with van der Waals surface area (Å²) < 4.78 is 0. The highest BCUT2D eigenvalue weighted by Gasteiger charge is 2.22. The van der Waals surface area contributed by atoms with E-state index in [-0.39, 0.29) is 6.10 Å². The molecule has 0 aliphatic carbocycles. The first-order chi connectivity index (χ1) is 7.79. The van der Waals surface area contributed by atoms with E-state index in [0.29, 0.717) is 0 Å². The summed E-state index contributed by atoms with van der Waals surface area (Å²) in [5.74, 6) is 0. The molecule has 1 aromatic carbocycles. The summed E-state index contributed by atoms with van der Waals surface area (Å²) in [4.78, 5) is 5.41. The van der Waals surface area contributed by atoms with Crippen LogP contribution >= 0.6 is 0 Å². The zero-order valence-electron chi connectivity index (χ0n) is 9.94. The zero-order chi connectivity index (χ0) is 11.4. The van der Waals surface area contributed by atoms with E-state index in [1.807, 2.05) is 0 Å². The first kappa shape index (κ1) is 11.1. The molecule has 3 nitrogen and oxygen atoms in total. The van der Waals surface area contributed by atoms with Crippen LogP contribution in [0.3, 0.4) is 0 Å². The third-order valence-electron chi connectivity index (χ3n) is 2.84. The standard InChI is InChI=1S/C13H18N2O/c1-3-14-9-12-8-13(15-16-12)11-6-4-10(2)5-7-11/h4-7,12,14H,3,8-9H2,1-2H3/p+1/t12-/m1/s1. The Kier molecular flexibility index (Phi) is 3.57. The lowest BCUT2D eigenvalue weighted by Crippen LogP contribution is -2.85. The van der Waals surface area contributed by atoms with Crippen LogP contribution in [0.25, 0.3) is 0 Å². The maximum Gasteiger partial charge on any atom is 0.181 e. The molecule has 86 valence electrons. The van der Waals surface area contributed by atoms with Gasteiger partial charge in [0.2, 0.25) is 0 Å². The van der Waals surface area contributed by atoms with Gasteiger partial charge in [0, 0.05) is 6.42 Å². The molecular weight excluding hydrogens is 200 g/mol. The van der Waals surface area contributed by atoms with Gasteiger partial charge >= 0.3 is 0 Å². The molecule has 1 aromatic rings. The number of likely N-dealkylation sites (N-methyl/N-ethyl adjacent to an activating group) is 1. The van der Waals surface area contributed by atoms with Gasteiger partial charge in [-0.15, -0.1) is 0 Å². The molecule has 0 radical (unpaired) electrons. The average molecular weight is 219 g/mol. The lowest BCUT2D eigenvalue weighted by Gasteiger charge is -2.05. The molecule has 2 N–H and O–H groups in total. The summed E-state index contributed by atoms with van der Waals surface area (Å²) in [6.45, 7) is 6.33. The summed E-state index contributed by atoms with van der Waals surface area (Å²) >= 11 is 0. The Balaban J connectivity index is 1.95. The van der Waals surface area contributed by atoms with Crippen molar-refractivity contribution in [2.75, 3.05) is 13.1 Å². The summed E-state index contributed by atoms with van der Waals surface area (Å²) in [6.07, 6.45) is 1.18. The van der Waals surface area contributed by atoms with E-state index < -0.39 is 0 Å². The first-order valence-corrected chi connectivity index (χ1v) is 5.91. The maximum absolute atomic E-state index is 5.41. The highest BCUT2D eigenvalue weighted by molar-refractivity contribution is 6.01. The minimum absolute atomic E-state index is 0.247. The molecule has 0 aromatic heterocycles. The fourth-order valence-corrected chi connectivity index (χ4v) is 1.82.